The Kier molecular flexibility index (Phi) is 7.39. The molecule has 0 unspecified atom stereocenters. The van der Waals surface area contributed by atoms with Crippen molar-refractivity contribution in [3.63, 3.8) is 0 Å². The van der Waals surface area contributed by atoms with Gasteiger partial charge in [0.05, 0.1) is 5.57 Å². The predicted molar refractivity (Wildman–Crippen MR) is 122 cm³/mol. The molecule has 2 heterocycles. The van der Waals surface area contributed by atoms with Gasteiger partial charge in [0.25, 0.3) is 5.91 Å². The molecule has 4 N–H and O–H groups in total. The smallest absolute Gasteiger partial charge is 0.387 e. The van der Waals surface area contributed by atoms with Gasteiger partial charge >= 0.3 is 6.61 Å². The van der Waals surface area contributed by atoms with E-state index in [2.05, 4.69) is 31.9 Å². The zero-order chi connectivity index (χ0) is 23.3. The maximum atomic E-state index is 13.0. The van der Waals surface area contributed by atoms with Crippen LogP contribution in [0.2, 0.25) is 5.02 Å². The number of aromatic nitrogens is 2. The lowest BCUT2D eigenvalue weighted by molar-refractivity contribution is -0.112. The lowest BCUT2D eigenvalue weighted by atomic mass is 10.1. The topological polar surface area (TPSA) is 102 Å². The molecule has 3 aromatic rings. The molecule has 0 bridgehead atoms. The molecule has 0 atom stereocenters. The Morgan fingerprint density at radius 3 is 2.66 bits per heavy atom. The molecule has 1 aromatic carbocycles. The third kappa shape index (κ3) is 5.21. The lowest BCUT2D eigenvalue weighted by Crippen LogP contribution is -2.24. The van der Waals surface area contributed by atoms with Gasteiger partial charge in [0.15, 0.2) is 0 Å². The number of benzene rings is 1. The van der Waals surface area contributed by atoms with Crippen molar-refractivity contribution in [1.29, 1.82) is 0 Å². The zero-order valence-electron chi connectivity index (χ0n) is 16.7. The number of hydrogen-bond acceptors (Lipinski definition) is 7. The minimum Gasteiger partial charge on any atom is -0.434 e. The monoisotopic (exact) mass is 477 g/mol. The third-order valence-electron chi connectivity index (χ3n) is 4.20. The van der Waals surface area contributed by atoms with E-state index >= 15 is 0 Å². The number of carbonyl (C=O) groups excluding carboxylic acids is 1. The van der Waals surface area contributed by atoms with Crippen LogP contribution in [0.5, 0.6) is 5.75 Å². The van der Waals surface area contributed by atoms with Crippen molar-refractivity contribution in [2.24, 2.45) is 5.73 Å². The summed E-state index contributed by atoms with van der Waals surface area (Å²) < 4.78 is 30.6. The van der Waals surface area contributed by atoms with Gasteiger partial charge in [0.1, 0.15) is 27.3 Å². The van der Waals surface area contributed by atoms with Crippen LogP contribution in [0.1, 0.15) is 0 Å². The Morgan fingerprint density at radius 1 is 1.31 bits per heavy atom. The molecule has 3 rings (SSSR count). The van der Waals surface area contributed by atoms with Gasteiger partial charge in [0.2, 0.25) is 0 Å². The molecule has 0 fully saturated rings. The first-order chi connectivity index (χ1) is 15.3. The van der Waals surface area contributed by atoms with Gasteiger partial charge in [0, 0.05) is 35.6 Å². The molecule has 166 valence electrons. The standard InChI is InChI=1S/C21H18ClF2N5O2S/c1-3-13(17(25)26-2)18(30)29-20-16(28-19(32-20)11-6-8-27-9-7-11)14-10-12(22)4-5-15(14)31-21(23)24/h3-10,21,26H,1,25H2,2H3,(H,29,30)/b17-13-. The van der Waals surface area contributed by atoms with Crippen LogP contribution in [0, 0.1) is 0 Å². The summed E-state index contributed by atoms with van der Waals surface area (Å²) in [5, 5.41) is 6.50. The van der Waals surface area contributed by atoms with Crippen LogP contribution in [0.4, 0.5) is 13.8 Å². The van der Waals surface area contributed by atoms with E-state index < -0.39 is 12.5 Å². The van der Waals surface area contributed by atoms with Crippen LogP contribution in [0.15, 0.2) is 66.8 Å². The molecule has 1 amide bonds. The number of hydrogen-bond donors (Lipinski definition) is 3. The number of carbonyl (C=O) groups is 1. The average Bonchev–Trinajstić information content (AvgIpc) is 3.19. The van der Waals surface area contributed by atoms with Crippen LogP contribution in [-0.4, -0.2) is 29.5 Å². The lowest BCUT2D eigenvalue weighted by Gasteiger charge is -2.12. The van der Waals surface area contributed by atoms with E-state index in [1.54, 1.807) is 31.6 Å². The first kappa shape index (κ1) is 23.2. The fraction of sp³-hybridized carbons (Fsp3) is 0.0952. The van der Waals surface area contributed by atoms with Crippen molar-refractivity contribution in [3.05, 3.63) is 71.8 Å². The summed E-state index contributed by atoms with van der Waals surface area (Å²) in [4.78, 5) is 21.4. The van der Waals surface area contributed by atoms with Crippen molar-refractivity contribution < 1.29 is 18.3 Å². The molecule has 0 saturated heterocycles. The number of rotatable bonds is 8. The van der Waals surface area contributed by atoms with Crippen LogP contribution < -0.4 is 21.1 Å². The van der Waals surface area contributed by atoms with Gasteiger partial charge in [-0.3, -0.25) is 9.78 Å². The predicted octanol–water partition coefficient (Wildman–Crippen LogP) is 4.64. The highest BCUT2D eigenvalue weighted by Gasteiger charge is 2.22. The van der Waals surface area contributed by atoms with E-state index in [1.807, 2.05) is 0 Å². The number of pyridine rings is 1. The second-order valence-corrected chi connectivity index (χ2v) is 7.62. The number of alkyl halides is 2. The highest BCUT2D eigenvalue weighted by molar-refractivity contribution is 7.19. The molecule has 0 radical (unpaired) electrons. The molecule has 2 aromatic heterocycles. The van der Waals surface area contributed by atoms with Gasteiger partial charge in [-0.05, 0) is 30.3 Å². The van der Waals surface area contributed by atoms with Gasteiger partial charge in [-0.15, -0.1) is 0 Å². The van der Waals surface area contributed by atoms with Crippen molar-refractivity contribution in [2.45, 2.75) is 6.61 Å². The number of nitrogens with two attached hydrogens (primary N) is 1. The first-order valence-electron chi connectivity index (χ1n) is 9.11. The quantitative estimate of drug-likeness (QED) is 0.322. The summed E-state index contributed by atoms with van der Waals surface area (Å²) in [6.07, 6.45) is 4.48. The van der Waals surface area contributed by atoms with E-state index in [9.17, 15) is 13.6 Å². The van der Waals surface area contributed by atoms with Crippen LogP contribution in [0.25, 0.3) is 21.8 Å². The Morgan fingerprint density at radius 2 is 2.03 bits per heavy atom. The second-order valence-electron chi connectivity index (χ2n) is 6.19. The van der Waals surface area contributed by atoms with Crippen molar-refractivity contribution >= 4 is 33.8 Å². The molecule has 0 aliphatic heterocycles. The Hall–Kier alpha value is -3.50. The summed E-state index contributed by atoms with van der Waals surface area (Å²) in [6.45, 7) is 0.548. The summed E-state index contributed by atoms with van der Waals surface area (Å²) in [5.74, 6) is -0.584. The number of anilines is 1. The average molecular weight is 478 g/mol. The number of halogens is 3. The number of ether oxygens (including phenoxy) is 1. The van der Waals surface area contributed by atoms with Crippen molar-refractivity contribution in [1.82, 2.24) is 15.3 Å². The number of amides is 1. The Balaban J connectivity index is 2.16. The SMILES string of the molecule is C=C/C(C(=O)Nc1sc(-c2ccncc2)nc1-c1cc(Cl)ccc1OC(F)F)=C(\N)NC. The minimum absolute atomic E-state index is 0.104. The number of nitrogens with one attached hydrogen (secondary N) is 2. The Bertz CT molecular complexity index is 1170. The fourth-order valence-electron chi connectivity index (χ4n) is 2.72. The summed E-state index contributed by atoms with van der Waals surface area (Å²) in [7, 11) is 1.56. The molecule has 32 heavy (non-hydrogen) atoms. The van der Waals surface area contributed by atoms with Gasteiger partial charge in [-0.25, -0.2) is 4.98 Å². The fourth-order valence-corrected chi connectivity index (χ4v) is 3.87. The Labute approximate surface area is 191 Å². The number of nitrogens with zero attached hydrogens (tertiary/aromatic N) is 2. The molecule has 11 heteroatoms. The molecular weight excluding hydrogens is 460 g/mol. The maximum absolute atomic E-state index is 13.0. The summed E-state index contributed by atoms with van der Waals surface area (Å²) in [6, 6.07) is 7.64. The highest BCUT2D eigenvalue weighted by Crippen LogP contribution is 2.42. The van der Waals surface area contributed by atoms with E-state index in [-0.39, 0.29) is 38.4 Å². The zero-order valence-corrected chi connectivity index (χ0v) is 18.3. The van der Waals surface area contributed by atoms with Crippen LogP contribution >= 0.6 is 22.9 Å². The summed E-state index contributed by atoms with van der Waals surface area (Å²) >= 11 is 7.25. The van der Waals surface area contributed by atoms with Gasteiger partial charge in [-0.2, -0.15) is 8.78 Å². The largest absolute Gasteiger partial charge is 0.434 e. The molecule has 0 aliphatic carbocycles. The van der Waals surface area contributed by atoms with Crippen LogP contribution in [0.3, 0.4) is 0 Å². The highest BCUT2D eigenvalue weighted by atomic mass is 35.5. The first-order valence-corrected chi connectivity index (χ1v) is 10.3. The van der Waals surface area contributed by atoms with Crippen molar-refractivity contribution in [2.75, 3.05) is 12.4 Å². The van der Waals surface area contributed by atoms with E-state index in [0.29, 0.717) is 5.01 Å². The molecule has 0 spiro atoms. The maximum Gasteiger partial charge on any atom is 0.387 e. The third-order valence-corrected chi connectivity index (χ3v) is 5.46. The summed E-state index contributed by atoms with van der Waals surface area (Å²) in [5.41, 5.74) is 7.05. The van der Waals surface area contributed by atoms with E-state index in [4.69, 9.17) is 17.3 Å². The molecular formula is C21H18ClF2N5O2S. The molecule has 0 saturated carbocycles. The molecule has 7 nitrogen and oxygen atoms in total. The number of thiazole rings is 1. The molecule has 0 aliphatic rings. The van der Waals surface area contributed by atoms with E-state index in [1.165, 1.54) is 24.3 Å². The minimum atomic E-state index is -3.06. The van der Waals surface area contributed by atoms with Crippen molar-refractivity contribution in [3.8, 4) is 27.6 Å². The van der Waals surface area contributed by atoms with Gasteiger partial charge in [-0.1, -0.05) is 35.6 Å². The van der Waals surface area contributed by atoms with E-state index in [0.717, 1.165) is 16.9 Å². The van der Waals surface area contributed by atoms with Crippen LogP contribution in [-0.2, 0) is 4.79 Å². The normalized spacial score (nSPS) is 11.7. The van der Waals surface area contributed by atoms with Gasteiger partial charge < -0.3 is 21.1 Å². The second kappa shape index (κ2) is 10.2.